The van der Waals surface area contributed by atoms with Gasteiger partial charge in [-0.05, 0) is 18.3 Å². The van der Waals surface area contributed by atoms with Crippen molar-refractivity contribution >= 4 is 18.0 Å². The van der Waals surface area contributed by atoms with Crippen LogP contribution in [0.4, 0.5) is 4.79 Å². The van der Waals surface area contributed by atoms with E-state index in [2.05, 4.69) is 15.4 Å². The molecule has 0 saturated heterocycles. The van der Waals surface area contributed by atoms with Crippen molar-refractivity contribution in [3.63, 3.8) is 0 Å². The molecule has 1 aliphatic rings. The number of nitrogens with one attached hydrogen (secondary N) is 2. The average Bonchev–Trinajstić information content (AvgIpc) is 2.43. The number of carbonyl (C=O) groups is 3. The van der Waals surface area contributed by atoms with Crippen LogP contribution in [0, 0.1) is 5.41 Å². The number of ether oxygens (including phenoxy) is 1. The van der Waals surface area contributed by atoms with Crippen molar-refractivity contribution in [2.75, 3.05) is 20.2 Å². The van der Waals surface area contributed by atoms with E-state index in [-0.39, 0.29) is 18.4 Å². The summed E-state index contributed by atoms with van der Waals surface area (Å²) in [4.78, 5) is 33.4. The number of methoxy groups -OCH3 is 1. The van der Waals surface area contributed by atoms with Crippen LogP contribution in [0.3, 0.4) is 0 Å². The minimum Gasteiger partial charge on any atom is -0.481 e. The van der Waals surface area contributed by atoms with Gasteiger partial charge in [-0.3, -0.25) is 9.59 Å². The lowest BCUT2D eigenvalue weighted by Crippen LogP contribution is -2.45. The Hall–Kier alpha value is -1.79. The topological polar surface area (TPSA) is 105 Å². The van der Waals surface area contributed by atoms with Crippen molar-refractivity contribution < 1.29 is 24.2 Å². The van der Waals surface area contributed by atoms with E-state index in [9.17, 15) is 14.4 Å². The van der Waals surface area contributed by atoms with Crippen LogP contribution in [-0.2, 0) is 14.3 Å². The van der Waals surface area contributed by atoms with Gasteiger partial charge in [0.15, 0.2) is 0 Å². The molecule has 1 fully saturated rings. The zero-order valence-corrected chi connectivity index (χ0v) is 11.7. The summed E-state index contributed by atoms with van der Waals surface area (Å²) < 4.78 is 4.41. The zero-order chi connectivity index (χ0) is 15.0. The van der Waals surface area contributed by atoms with E-state index in [1.54, 1.807) is 0 Å². The SMILES string of the molecule is COC(=O)CNC(=O)NCC1(CC(=O)O)CCCCC1. The van der Waals surface area contributed by atoms with Crippen molar-refractivity contribution in [1.82, 2.24) is 10.6 Å². The van der Waals surface area contributed by atoms with Crippen molar-refractivity contribution in [2.45, 2.75) is 38.5 Å². The minimum atomic E-state index is -0.844. The standard InChI is InChI=1S/C13H22N2O5/c1-20-11(18)8-14-12(19)15-9-13(7-10(16)17)5-3-2-4-6-13/h2-9H2,1H3,(H,16,17)(H2,14,15,19). The molecule has 20 heavy (non-hydrogen) atoms. The third-order valence-electron chi connectivity index (χ3n) is 3.69. The van der Waals surface area contributed by atoms with E-state index in [1.807, 2.05) is 0 Å². The first kappa shape index (κ1) is 16.3. The van der Waals surface area contributed by atoms with Crippen molar-refractivity contribution in [3.05, 3.63) is 0 Å². The number of hydrogen-bond acceptors (Lipinski definition) is 4. The summed E-state index contributed by atoms with van der Waals surface area (Å²) in [6, 6.07) is -0.481. The van der Waals surface area contributed by atoms with Gasteiger partial charge in [0.1, 0.15) is 6.54 Å². The summed E-state index contributed by atoms with van der Waals surface area (Å²) in [5.41, 5.74) is -0.368. The van der Waals surface area contributed by atoms with Crippen molar-refractivity contribution in [3.8, 4) is 0 Å². The first-order valence-electron chi connectivity index (χ1n) is 6.78. The predicted octanol–water partition coefficient (Wildman–Crippen LogP) is 0.884. The monoisotopic (exact) mass is 286 g/mol. The Morgan fingerprint density at radius 1 is 1.15 bits per heavy atom. The van der Waals surface area contributed by atoms with E-state index < -0.39 is 18.0 Å². The molecule has 1 saturated carbocycles. The van der Waals surface area contributed by atoms with Crippen LogP contribution in [0.5, 0.6) is 0 Å². The van der Waals surface area contributed by atoms with E-state index >= 15 is 0 Å². The normalized spacial score (nSPS) is 17.1. The molecule has 3 N–H and O–H groups in total. The number of esters is 1. The molecule has 0 aromatic heterocycles. The highest BCUT2D eigenvalue weighted by molar-refractivity contribution is 5.80. The van der Waals surface area contributed by atoms with Gasteiger partial charge >= 0.3 is 18.0 Å². The van der Waals surface area contributed by atoms with Crippen LogP contribution >= 0.6 is 0 Å². The molecule has 114 valence electrons. The summed E-state index contributed by atoms with van der Waals surface area (Å²) in [6.07, 6.45) is 4.74. The third kappa shape index (κ3) is 5.46. The van der Waals surface area contributed by atoms with Gasteiger partial charge in [0, 0.05) is 6.54 Å². The van der Waals surface area contributed by atoms with E-state index in [4.69, 9.17) is 5.11 Å². The fourth-order valence-electron chi connectivity index (χ4n) is 2.59. The molecule has 0 aromatic rings. The zero-order valence-electron chi connectivity index (χ0n) is 11.7. The maximum Gasteiger partial charge on any atom is 0.325 e. The molecule has 0 unspecified atom stereocenters. The molecule has 0 radical (unpaired) electrons. The first-order valence-corrected chi connectivity index (χ1v) is 6.78. The van der Waals surface area contributed by atoms with Gasteiger partial charge in [0.05, 0.1) is 13.5 Å². The molecular weight excluding hydrogens is 264 g/mol. The van der Waals surface area contributed by atoms with Crippen LogP contribution < -0.4 is 10.6 Å². The highest BCUT2D eigenvalue weighted by Gasteiger charge is 2.34. The molecule has 2 amide bonds. The Bertz CT molecular complexity index is 364. The molecule has 0 atom stereocenters. The van der Waals surface area contributed by atoms with Crippen molar-refractivity contribution in [1.29, 1.82) is 0 Å². The van der Waals surface area contributed by atoms with Gasteiger partial charge in [0.2, 0.25) is 0 Å². The van der Waals surface area contributed by atoms with Crippen LogP contribution in [0.2, 0.25) is 0 Å². The second-order valence-corrected chi connectivity index (χ2v) is 5.24. The quantitative estimate of drug-likeness (QED) is 0.629. The maximum atomic E-state index is 11.6. The molecule has 1 aliphatic carbocycles. The molecule has 0 heterocycles. The Morgan fingerprint density at radius 3 is 2.35 bits per heavy atom. The number of carbonyl (C=O) groups excluding carboxylic acids is 2. The van der Waals surface area contributed by atoms with Gasteiger partial charge in [-0.15, -0.1) is 0 Å². The van der Waals surface area contributed by atoms with E-state index in [1.165, 1.54) is 7.11 Å². The maximum absolute atomic E-state index is 11.6. The number of hydrogen-bond donors (Lipinski definition) is 3. The number of rotatable bonds is 6. The lowest BCUT2D eigenvalue weighted by atomic mass is 9.72. The largest absolute Gasteiger partial charge is 0.481 e. The number of amides is 2. The lowest BCUT2D eigenvalue weighted by Gasteiger charge is -2.36. The second-order valence-electron chi connectivity index (χ2n) is 5.24. The molecule has 7 nitrogen and oxygen atoms in total. The Kier molecular flexibility index (Phi) is 6.27. The minimum absolute atomic E-state index is 0.0598. The van der Waals surface area contributed by atoms with Crippen LogP contribution in [0.1, 0.15) is 38.5 Å². The van der Waals surface area contributed by atoms with Crippen LogP contribution in [-0.4, -0.2) is 43.3 Å². The average molecular weight is 286 g/mol. The van der Waals surface area contributed by atoms with Crippen molar-refractivity contribution in [2.24, 2.45) is 5.41 Å². The number of carboxylic acid groups (broad SMARTS) is 1. The molecule has 0 bridgehead atoms. The van der Waals surface area contributed by atoms with Gasteiger partial charge < -0.3 is 20.5 Å². The number of urea groups is 1. The van der Waals surface area contributed by atoms with Gasteiger partial charge in [-0.25, -0.2) is 4.79 Å². The predicted molar refractivity (Wildman–Crippen MR) is 71.2 cm³/mol. The third-order valence-corrected chi connectivity index (χ3v) is 3.69. The van der Waals surface area contributed by atoms with Gasteiger partial charge in [0.25, 0.3) is 0 Å². The second kappa shape index (κ2) is 7.72. The first-order chi connectivity index (χ1) is 9.47. The van der Waals surface area contributed by atoms with Gasteiger partial charge in [-0.1, -0.05) is 19.3 Å². The highest BCUT2D eigenvalue weighted by atomic mass is 16.5. The Morgan fingerprint density at radius 2 is 1.80 bits per heavy atom. The highest BCUT2D eigenvalue weighted by Crippen LogP contribution is 2.38. The Balaban J connectivity index is 2.43. The smallest absolute Gasteiger partial charge is 0.325 e. The summed E-state index contributed by atoms with van der Waals surface area (Å²) in [5, 5.41) is 14.0. The molecule has 7 heteroatoms. The fourth-order valence-corrected chi connectivity index (χ4v) is 2.59. The molecule has 0 aliphatic heterocycles. The Labute approximate surface area is 118 Å². The van der Waals surface area contributed by atoms with E-state index in [0.29, 0.717) is 6.54 Å². The fraction of sp³-hybridized carbons (Fsp3) is 0.769. The van der Waals surface area contributed by atoms with Crippen LogP contribution in [0.25, 0.3) is 0 Å². The summed E-state index contributed by atoms with van der Waals surface area (Å²) in [5.74, 6) is -1.37. The van der Waals surface area contributed by atoms with Gasteiger partial charge in [-0.2, -0.15) is 0 Å². The summed E-state index contributed by atoms with van der Waals surface area (Å²) in [7, 11) is 1.24. The van der Waals surface area contributed by atoms with Crippen LogP contribution in [0.15, 0.2) is 0 Å². The number of carboxylic acids is 1. The summed E-state index contributed by atoms with van der Waals surface area (Å²) >= 11 is 0. The molecular formula is C13H22N2O5. The molecule has 0 aromatic carbocycles. The van der Waals surface area contributed by atoms with E-state index in [0.717, 1.165) is 32.1 Å². The molecule has 1 rings (SSSR count). The molecule has 0 spiro atoms. The lowest BCUT2D eigenvalue weighted by molar-refractivity contribution is -0.140. The summed E-state index contributed by atoms with van der Waals surface area (Å²) in [6.45, 7) is 0.112. The number of aliphatic carboxylic acids is 1.